The summed E-state index contributed by atoms with van der Waals surface area (Å²) in [5.74, 6) is -0.383. The number of nitrogens with zero attached hydrogens (tertiary/aromatic N) is 3. The molecule has 142 valence electrons. The molecule has 5 aromatic rings. The molecule has 5 nitrogen and oxygen atoms in total. The number of rotatable bonds is 2. The van der Waals surface area contributed by atoms with Gasteiger partial charge in [0.1, 0.15) is 0 Å². The van der Waals surface area contributed by atoms with E-state index < -0.39 is 0 Å². The fourth-order valence-electron chi connectivity index (χ4n) is 3.87. The summed E-state index contributed by atoms with van der Waals surface area (Å²) in [6, 6.07) is 17.4. The van der Waals surface area contributed by atoms with Crippen molar-refractivity contribution in [2.24, 2.45) is 0 Å². The van der Waals surface area contributed by atoms with Gasteiger partial charge in [0.05, 0.1) is 0 Å². The van der Waals surface area contributed by atoms with Crippen LogP contribution in [0, 0.1) is 0 Å². The predicted octanol–water partition coefficient (Wildman–Crippen LogP) is 4.09. The Labute approximate surface area is 177 Å². The van der Waals surface area contributed by atoms with E-state index in [1.807, 2.05) is 65.4 Å². The predicted molar refractivity (Wildman–Crippen MR) is 116 cm³/mol. The van der Waals surface area contributed by atoms with E-state index in [0.29, 0.717) is 11.1 Å². The first-order chi connectivity index (χ1) is 14.7. The van der Waals surface area contributed by atoms with Crippen molar-refractivity contribution in [1.29, 1.82) is 0 Å². The third-order valence-electron chi connectivity index (χ3n) is 5.32. The van der Waals surface area contributed by atoms with Crippen molar-refractivity contribution in [2.75, 3.05) is 0 Å². The fourth-order valence-corrected chi connectivity index (χ4v) is 5.83. The van der Waals surface area contributed by atoms with Gasteiger partial charge in [-0.25, -0.2) is 0 Å². The molecule has 6 rings (SSSR count). The molecule has 0 saturated heterocycles. The normalized spacial score (nSPS) is 13.4. The molecule has 2 aromatic carbocycles. The summed E-state index contributed by atoms with van der Waals surface area (Å²) in [4.78, 5) is 34.7. The number of fused-ring (bicyclic) bond motifs is 3. The second kappa shape index (κ2) is 6.46. The molecule has 3 heterocycles. The molecule has 1 aliphatic carbocycles. The van der Waals surface area contributed by atoms with Gasteiger partial charge in [-0.05, 0) is 0 Å². The van der Waals surface area contributed by atoms with Gasteiger partial charge in [0.25, 0.3) is 0 Å². The summed E-state index contributed by atoms with van der Waals surface area (Å²) in [5.41, 5.74) is 2.89. The van der Waals surface area contributed by atoms with Crippen LogP contribution in [-0.2, 0) is 0 Å². The van der Waals surface area contributed by atoms with Gasteiger partial charge in [-0.1, -0.05) is 0 Å². The molecule has 0 spiro atoms. The fraction of sp³-hybridized carbons (Fsp3) is 0. The Kier molecular flexibility index (Phi) is 3.72. The van der Waals surface area contributed by atoms with E-state index in [1.165, 1.54) is 0 Å². The van der Waals surface area contributed by atoms with Crippen molar-refractivity contribution in [3.63, 3.8) is 0 Å². The molecule has 0 unspecified atom stereocenters. The number of hydrogen-bond donors (Lipinski definition) is 0. The van der Waals surface area contributed by atoms with Crippen molar-refractivity contribution in [1.82, 2.24) is 14.5 Å². The van der Waals surface area contributed by atoms with Gasteiger partial charge in [-0.3, -0.25) is 0 Å². The second-order valence-corrected chi connectivity index (χ2v) is 9.38. The summed E-state index contributed by atoms with van der Waals surface area (Å²) in [6.45, 7) is 0. The summed E-state index contributed by atoms with van der Waals surface area (Å²) in [6.07, 6.45) is 7.06. The zero-order chi connectivity index (χ0) is 20.2. The van der Waals surface area contributed by atoms with Gasteiger partial charge in [-0.2, -0.15) is 0 Å². The van der Waals surface area contributed by atoms with Crippen molar-refractivity contribution in [3.05, 3.63) is 94.3 Å². The van der Waals surface area contributed by atoms with Gasteiger partial charge < -0.3 is 0 Å². The van der Waals surface area contributed by atoms with Crippen LogP contribution in [0.4, 0.5) is 0 Å². The minimum absolute atomic E-state index is 0.0451. The SMILES string of the molecule is O=C1C(=Cc2ccc(-n3ccc4nccnc43)[se]2)C(=O)c2cc3ccccc3cc21. The monoisotopic (exact) mass is 455 g/mol. The van der Waals surface area contributed by atoms with Crippen LogP contribution < -0.4 is 0 Å². The minimum atomic E-state index is -0.191. The van der Waals surface area contributed by atoms with E-state index in [4.69, 9.17) is 0 Å². The number of ketones is 2. The van der Waals surface area contributed by atoms with Crippen LogP contribution >= 0.6 is 0 Å². The molecule has 3 aromatic heterocycles. The first-order valence-corrected chi connectivity index (χ1v) is 11.1. The van der Waals surface area contributed by atoms with Crippen LogP contribution in [0.3, 0.4) is 0 Å². The van der Waals surface area contributed by atoms with Gasteiger partial charge in [0.15, 0.2) is 0 Å². The zero-order valence-corrected chi connectivity index (χ0v) is 17.3. The van der Waals surface area contributed by atoms with Gasteiger partial charge in [-0.15, -0.1) is 0 Å². The van der Waals surface area contributed by atoms with Crippen LogP contribution in [0.2, 0.25) is 0 Å². The Hall–Kier alpha value is -3.60. The van der Waals surface area contributed by atoms with Crippen LogP contribution in [-0.4, -0.2) is 40.6 Å². The van der Waals surface area contributed by atoms with E-state index in [9.17, 15) is 9.59 Å². The molecule has 0 atom stereocenters. The summed E-state index contributed by atoms with van der Waals surface area (Å²) in [5, 5.41) is 1.93. The molecule has 0 bridgehead atoms. The van der Waals surface area contributed by atoms with E-state index in [-0.39, 0.29) is 31.6 Å². The summed E-state index contributed by atoms with van der Waals surface area (Å²) < 4.78 is 4.09. The average molecular weight is 454 g/mol. The Bertz CT molecular complexity index is 1480. The third-order valence-corrected chi connectivity index (χ3v) is 7.48. The molecule has 0 N–H and O–H groups in total. The molecule has 0 amide bonds. The number of allylic oxidation sites excluding steroid dienone is 1. The number of hydrogen-bond acceptors (Lipinski definition) is 4. The van der Waals surface area contributed by atoms with Gasteiger partial charge in [0, 0.05) is 0 Å². The van der Waals surface area contributed by atoms with Gasteiger partial charge in [0.2, 0.25) is 0 Å². The molecule has 0 radical (unpaired) electrons. The maximum absolute atomic E-state index is 13.0. The van der Waals surface area contributed by atoms with E-state index in [1.54, 1.807) is 18.5 Å². The van der Waals surface area contributed by atoms with Crippen molar-refractivity contribution in [3.8, 4) is 4.56 Å². The van der Waals surface area contributed by atoms with Crippen molar-refractivity contribution >= 4 is 54.1 Å². The van der Waals surface area contributed by atoms with Crippen LogP contribution in [0.15, 0.2) is 78.8 Å². The Morgan fingerprint density at radius 2 is 1.53 bits per heavy atom. The molecule has 1 aliphatic rings. The molecular weight excluding hydrogens is 441 g/mol. The zero-order valence-electron chi connectivity index (χ0n) is 15.6. The molecular formula is C24H13N3O2Se. The topological polar surface area (TPSA) is 64.8 Å². The summed E-state index contributed by atoms with van der Waals surface area (Å²) in [7, 11) is 0. The van der Waals surface area contributed by atoms with E-state index in [0.717, 1.165) is 30.9 Å². The third kappa shape index (κ3) is 2.55. The van der Waals surface area contributed by atoms with Crippen LogP contribution in [0.5, 0.6) is 0 Å². The molecule has 6 heteroatoms. The first-order valence-electron chi connectivity index (χ1n) is 9.41. The standard InChI is InChI=1S/C24H13N3O2Se/c28-22-17-11-14-3-1-2-4-15(14)12-18(17)23(29)19(22)13-16-5-6-21(30-16)27-10-7-20-24(27)26-9-8-25-20/h1-13H. The maximum atomic E-state index is 13.0. The van der Waals surface area contributed by atoms with Crippen LogP contribution in [0.25, 0.3) is 32.6 Å². The molecule has 0 fully saturated rings. The molecule has 0 saturated carbocycles. The van der Waals surface area contributed by atoms with Crippen molar-refractivity contribution < 1.29 is 9.59 Å². The number of Topliss-reactive ketones (excluding diaryl/α,β-unsaturated/α-hetero) is 2. The number of carbonyl (C=O) groups is 2. The second-order valence-electron chi connectivity index (χ2n) is 7.09. The number of aromatic nitrogens is 3. The van der Waals surface area contributed by atoms with E-state index >= 15 is 0 Å². The van der Waals surface area contributed by atoms with E-state index in [2.05, 4.69) is 9.97 Å². The Morgan fingerprint density at radius 1 is 0.833 bits per heavy atom. The summed E-state index contributed by atoms with van der Waals surface area (Å²) >= 11 is -0.0451. The first kappa shape index (κ1) is 17.3. The number of benzene rings is 2. The Balaban J connectivity index is 1.41. The molecule has 0 aliphatic heterocycles. The van der Waals surface area contributed by atoms with Crippen LogP contribution in [0.1, 0.15) is 25.2 Å². The quantitative estimate of drug-likeness (QED) is 0.229. The molecule has 30 heavy (non-hydrogen) atoms. The number of carbonyl (C=O) groups excluding carboxylic acids is 2. The van der Waals surface area contributed by atoms with Gasteiger partial charge >= 0.3 is 177 Å². The van der Waals surface area contributed by atoms with Crippen molar-refractivity contribution in [2.45, 2.75) is 0 Å². The average Bonchev–Trinajstić information content (AvgIpc) is 3.47. The Morgan fingerprint density at radius 3 is 2.27 bits per heavy atom.